The number of nitrogens with zero attached hydrogens (tertiary/aromatic N) is 4. The molecule has 0 saturated heterocycles. The Hall–Kier alpha value is -2.14. The summed E-state index contributed by atoms with van der Waals surface area (Å²) in [6.07, 6.45) is 1.07. The van der Waals surface area contributed by atoms with E-state index in [0.29, 0.717) is 5.92 Å². The molecule has 3 rings (SSSR count). The molecular weight excluding hydrogens is 310 g/mol. The van der Waals surface area contributed by atoms with Gasteiger partial charge in [-0.2, -0.15) is 4.98 Å². The Balaban J connectivity index is 1.81. The predicted octanol–water partition coefficient (Wildman–Crippen LogP) is 3.14. The minimum atomic E-state index is 0.383. The van der Waals surface area contributed by atoms with Gasteiger partial charge in [-0.3, -0.25) is 0 Å². The van der Waals surface area contributed by atoms with E-state index in [9.17, 15) is 0 Å². The summed E-state index contributed by atoms with van der Waals surface area (Å²) < 4.78 is 0. The number of aromatic nitrogens is 2. The third-order valence-corrected chi connectivity index (χ3v) is 4.62. The molecule has 0 atom stereocenters. The topological polar surface area (TPSA) is 44.3 Å². The Labute approximate surface area is 151 Å². The zero-order valence-corrected chi connectivity index (χ0v) is 15.8. The standard InChI is InChI=1S/C20H29N5/c1-15(2)18-13-19(23-20(22-18)21-10-12-24(3)4)25-11-9-16-7-5-6-8-17(16)14-25/h5-8,13,15H,9-12,14H2,1-4H3,(H,21,22,23). The average Bonchev–Trinajstić information content (AvgIpc) is 2.60. The second-order valence-corrected chi connectivity index (χ2v) is 7.30. The van der Waals surface area contributed by atoms with E-state index >= 15 is 0 Å². The first-order valence-corrected chi connectivity index (χ1v) is 9.12. The fourth-order valence-electron chi connectivity index (χ4n) is 3.07. The summed E-state index contributed by atoms with van der Waals surface area (Å²) in [6.45, 7) is 8.09. The van der Waals surface area contributed by atoms with Gasteiger partial charge < -0.3 is 15.1 Å². The highest BCUT2D eigenvalue weighted by Gasteiger charge is 2.19. The second kappa shape index (κ2) is 7.83. The van der Waals surface area contributed by atoms with Crippen LogP contribution in [0.3, 0.4) is 0 Å². The number of benzene rings is 1. The molecule has 5 nitrogen and oxygen atoms in total. The van der Waals surface area contributed by atoms with E-state index in [4.69, 9.17) is 9.97 Å². The van der Waals surface area contributed by atoms with Gasteiger partial charge in [-0.15, -0.1) is 0 Å². The van der Waals surface area contributed by atoms with Crippen LogP contribution in [0, 0.1) is 0 Å². The Morgan fingerprint density at radius 1 is 1.16 bits per heavy atom. The third-order valence-electron chi connectivity index (χ3n) is 4.62. The van der Waals surface area contributed by atoms with E-state index < -0.39 is 0 Å². The molecule has 0 amide bonds. The van der Waals surface area contributed by atoms with E-state index in [1.807, 2.05) is 0 Å². The second-order valence-electron chi connectivity index (χ2n) is 7.30. The quantitative estimate of drug-likeness (QED) is 0.876. The normalized spacial score (nSPS) is 14.1. The maximum Gasteiger partial charge on any atom is 0.224 e. The van der Waals surface area contributed by atoms with Crippen LogP contribution < -0.4 is 10.2 Å². The number of likely N-dealkylation sites (N-methyl/N-ethyl adjacent to an activating group) is 1. The molecule has 0 saturated carbocycles. The Morgan fingerprint density at radius 2 is 1.92 bits per heavy atom. The van der Waals surface area contributed by atoms with Crippen molar-refractivity contribution in [3.8, 4) is 0 Å². The van der Waals surface area contributed by atoms with Crippen LogP contribution in [-0.2, 0) is 13.0 Å². The number of fused-ring (bicyclic) bond motifs is 1. The van der Waals surface area contributed by atoms with Crippen LogP contribution in [0.15, 0.2) is 30.3 Å². The zero-order chi connectivity index (χ0) is 17.8. The largest absolute Gasteiger partial charge is 0.353 e. The van der Waals surface area contributed by atoms with Gasteiger partial charge in [0.2, 0.25) is 5.95 Å². The lowest BCUT2D eigenvalue weighted by Gasteiger charge is -2.30. The molecule has 1 N–H and O–H groups in total. The van der Waals surface area contributed by atoms with Gasteiger partial charge in [0, 0.05) is 32.2 Å². The number of hydrogen-bond acceptors (Lipinski definition) is 5. The number of nitrogens with one attached hydrogen (secondary N) is 1. The van der Waals surface area contributed by atoms with Crippen molar-refractivity contribution >= 4 is 11.8 Å². The molecule has 0 unspecified atom stereocenters. The molecule has 0 aliphatic carbocycles. The molecule has 134 valence electrons. The number of rotatable bonds is 6. The predicted molar refractivity (Wildman–Crippen MR) is 104 cm³/mol. The molecule has 2 heterocycles. The highest BCUT2D eigenvalue weighted by atomic mass is 15.2. The summed E-state index contributed by atoms with van der Waals surface area (Å²) in [4.78, 5) is 14.0. The highest BCUT2D eigenvalue weighted by molar-refractivity contribution is 5.48. The number of anilines is 2. The SMILES string of the molecule is CC(C)c1cc(N2CCc3ccccc3C2)nc(NCCN(C)C)n1. The maximum absolute atomic E-state index is 4.79. The first-order chi connectivity index (χ1) is 12.0. The lowest BCUT2D eigenvalue weighted by atomic mass is 10.00. The van der Waals surface area contributed by atoms with Crippen LogP contribution >= 0.6 is 0 Å². The minimum Gasteiger partial charge on any atom is -0.353 e. The van der Waals surface area contributed by atoms with Gasteiger partial charge in [0.25, 0.3) is 0 Å². The molecule has 1 aromatic carbocycles. The zero-order valence-electron chi connectivity index (χ0n) is 15.8. The molecule has 0 fully saturated rings. The molecule has 1 aromatic heterocycles. The first kappa shape index (κ1) is 17.7. The van der Waals surface area contributed by atoms with Gasteiger partial charge in [0.05, 0.1) is 5.69 Å². The summed E-state index contributed by atoms with van der Waals surface area (Å²) in [5.74, 6) is 2.15. The fraction of sp³-hybridized carbons (Fsp3) is 0.500. The highest BCUT2D eigenvalue weighted by Crippen LogP contribution is 2.26. The summed E-state index contributed by atoms with van der Waals surface area (Å²) in [5.41, 5.74) is 3.96. The molecule has 25 heavy (non-hydrogen) atoms. The van der Waals surface area contributed by atoms with Crippen LogP contribution in [0.4, 0.5) is 11.8 Å². The fourth-order valence-corrected chi connectivity index (χ4v) is 3.07. The van der Waals surface area contributed by atoms with Crippen molar-refractivity contribution in [1.29, 1.82) is 0 Å². The van der Waals surface area contributed by atoms with Gasteiger partial charge in [-0.1, -0.05) is 38.1 Å². The van der Waals surface area contributed by atoms with Crippen molar-refractivity contribution in [2.24, 2.45) is 0 Å². The molecule has 1 aliphatic rings. The molecule has 0 radical (unpaired) electrons. The van der Waals surface area contributed by atoms with Crippen LogP contribution in [0.2, 0.25) is 0 Å². The van der Waals surface area contributed by atoms with Crippen molar-refractivity contribution in [3.63, 3.8) is 0 Å². The van der Waals surface area contributed by atoms with Crippen molar-refractivity contribution in [1.82, 2.24) is 14.9 Å². The van der Waals surface area contributed by atoms with Gasteiger partial charge in [0.1, 0.15) is 5.82 Å². The van der Waals surface area contributed by atoms with E-state index in [1.165, 1.54) is 11.1 Å². The Morgan fingerprint density at radius 3 is 2.64 bits per heavy atom. The number of hydrogen-bond donors (Lipinski definition) is 1. The molecule has 0 spiro atoms. The Kier molecular flexibility index (Phi) is 5.53. The van der Waals surface area contributed by atoms with Crippen molar-refractivity contribution in [2.75, 3.05) is 43.9 Å². The van der Waals surface area contributed by atoms with Crippen molar-refractivity contribution in [2.45, 2.75) is 32.7 Å². The van der Waals surface area contributed by atoms with Gasteiger partial charge >= 0.3 is 0 Å². The summed E-state index contributed by atoms with van der Waals surface area (Å²) in [5, 5.41) is 3.38. The minimum absolute atomic E-state index is 0.383. The third kappa shape index (κ3) is 4.48. The molecule has 2 aromatic rings. The van der Waals surface area contributed by atoms with Crippen LogP contribution in [-0.4, -0.2) is 48.6 Å². The average molecular weight is 339 g/mol. The smallest absolute Gasteiger partial charge is 0.224 e. The molecule has 5 heteroatoms. The van der Waals surface area contributed by atoms with E-state index in [1.54, 1.807) is 0 Å². The van der Waals surface area contributed by atoms with E-state index in [2.05, 4.69) is 73.4 Å². The summed E-state index contributed by atoms with van der Waals surface area (Å²) in [7, 11) is 4.15. The molecule has 0 bridgehead atoms. The van der Waals surface area contributed by atoms with Crippen molar-refractivity contribution < 1.29 is 0 Å². The summed E-state index contributed by atoms with van der Waals surface area (Å²) >= 11 is 0. The van der Waals surface area contributed by atoms with E-state index in [0.717, 1.165) is 50.1 Å². The van der Waals surface area contributed by atoms with Gasteiger partial charge in [0.15, 0.2) is 0 Å². The van der Waals surface area contributed by atoms with Crippen LogP contribution in [0.1, 0.15) is 36.6 Å². The van der Waals surface area contributed by atoms with Crippen LogP contribution in [0.25, 0.3) is 0 Å². The van der Waals surface area contributed by atoms with Gasteiger partial charge in [-0.25, -0.2) is 4.98 Å². The lowest BCUT2D eigenvalue weighted by Crippen LogP contribution is -2.31. The monoisotopic (exact) mass is 339 g/mol. The molecular formula is C20H29N5. The Bertz CT molecular complexity index is 711. The van der Waals surface area contributed by atoms with E-state index in [-0.39, 0.29) is 0 Å². The maximum atomic E-state index is 4.79. The van der Waals surface area contributed by atoms with Crippen molar-refractivity contribution in [3.05, 3.63) is 47.2 Å². The summed E-state index contributed by atoms with van der Waals surface area (Å²) in [6, 6.07) is 10.9. The lowest BCUT2D eigenvalue weighted by molar-refractivity contribution is 0.425. The molecule has 1 aliphatic heterocycles. The van der Waals surface area contributed by atoms with Crippen LogP contribution in [0.5, 0.6) is 0 Å². The van der Waals surface area contributed by atoms with Gasteiger partial charge in [-0.05, 0) is 37.6 Å². The first-order valence-electron chi connectivity index (χ1n) is 9.12.